The summed E-state index contributed by atoms with van der Waals surface area (Å²) in [6.45, 7) is 0.293. The van der Waals surface area contributed by atoms with Gasteiger partial charge in [0, 0.05) is 50.9 Å². The molecule has 0 bridgehead atoms. The minimum atomic E-state index is -3.02. The third-order valence-electron chi connectivity index (χ3n) is 6.74. The number of nitrogens with zero attached hydrogens (tertiary/aromatic N) is 3. The molecule has 0 unspecified atom stereocenters. The Bertz CT molecular complexity index is 1080. The van der Waals surface area contributed by atoms with E-state index in [0.717, 1.165) is 64.0 Å². The van der Waals surface area contributed by atoms with E-state index in [4.69, 9.17) is 10.1 Å². The number of H-pyrrole nitrogens is 1. The Hall–Kier alpha value is -3.01. The standard InChI is InChI=1S/C24H32F2N6O2/c1-28-22-19(20(27)15-6-4-3-5-7-15)23(33)30-21(29-22)17-9-8-16(14-18(17)34-24(25)26)32-12-10-31(2)11-13-32/h8-9,14-15,24,27H,3-7,10-13H2,1-2H3,(H2,28,29,30,33). The van der Waals surface area contributed by atoms with E-state index in [1.807, 2.05) is 13.1 Å². The number of piperazine rings is 1. The van der Waals surface area contributed by atoms with Crippen LogP contribution < -0.4 is 20.5 Å². The molecule has 1 saturated heterocycles. The molecule has 1 aliphatic heterocycles. The first kappa shape index (κ1) is 24.1. The number of ether oxygens (including phenoxy) is 1. The van der Waals surface area contributed by atoms with Gasteiger partial charge in [-0.1, -0.05) is 19.3 Å². The Balaban J connectivity index is 1.70. The molecule has 1 aliphatic carbocycles. The Morgan fingerprint density at radius 2 is 1.91 bits per heavy atom. The van der Waals surface area contributed by atoms with E-state index in [2.05, 4.69) is 25.1 Å². The van der Waals surface area contributed by atoms with Crippen LogP contribution in [-0.4, -0.2) is 67.5 Å². The van der Waals surface area contributed by atoms with Crippen LogP contribution >= 0.6 is 0 Å². The first-order valence-corrected chi connectivity index (χ1v) is 11.8. The maximum Gasteiger partial charge on any atom is 0.387 e. The van der Waals surface area contributed by atoms with Gasteiger partial charge in [0.2, 0.25) is 0 Å². The molecule has 0 spiro atoms. The number of aromatic amines is 1. The summed E-state index contributed by atoms with van der Waals surface area (Å²) >= 11 is 0. The maximum absolute atomic E-state index is 13.3. The predicted molar refractivity (Wildman–Crippen MR) is 130 cm³/mol. The van der Waals surface area contributed by atoms with E-state index in [9.17, 15) is 13.6 Å². The van der Waals surface area contributed by atoms with Crippen molar-refractivity contribution in [1.82, 2.24) is 14.9 Å². The first-order valence-electron chi connectivity index (χ1n) is 11.8. The fourth-order valence-electron chi connectivity index (χ4n) is 4.79. The monoisotopic (exact) mass is 474 g/mol. The summed E-state index contributed by atoms with van der Waals surface area (Å²) in [4.78, 5) is 24.6. The summed E-state index contributed by atoms with van der Waals surface area (Å²) in [7, 11) is 3.68. The summed E-state index contributed by atoms with van der Waals surface area (Å²) in [5.74, 6) is 0.359. The maximum atomic E-state index is 13.3. The van der Waals surface area contributed by atoms with Crippen LogP contribution in [0.3, 0.4) is 0 Å². The molecular weight excluding hydrogens is 442 g/mol. The molecule has 4 rings (SSSR count). The SMILES string of the molecule is CNc1nc(-c2ccc(N3CCN(C)CC3)cc2OC(F)F)[nH]c(=O)c1C(=N)C1CCCCC1. The average Bonchev–Trinajstić information content (AvgIpc) is 2.83. The highest BCUT2D eigenvalue weighted by atomic mass is 19.3. The van der Waals surface area contributed by atoms with E-state index >= 15 is 0 Å². The highest BCUT2D eigenvalue weighted by molar-refractivity contribution is 6.03. The van der Waals surface area contributed by atoms with Crippen molar-refractivity contribution < 1.29 is 13.5 Å². The molecule has 0 radical (unpaired) electrons. The number of alkyl halides is 2. The third kappa shape index (κ3) is 5.22. The summed E-state index contributed by atoms with van der Waals surface area (Å²) < 4.78 is 31.4. The third-order valence-corrected chi connectivity index (χ3v) is 6.74. The quantitative estimate of drug-likeness (QED) is 0.529. The molecule has 2 fully saturated rings. The van der Waals surface area contributed by atoms with E-state index in [1.165, 1.54) is 0 Å². The number of nitrogens with one attached hydrogen (secondary N) is 3. The highest BCUT2D eigenvalue weighted by Gasteiger charge is 2.26. The zero-order valence-corrected chi connectivity index (χ0v) is 19.7. The van der Waals surface area contributed by atoms with Crippen molar-refractivity contribution in [1.29, 1.82) is 5.41 Å². The molecule has 2 aliphatic rings. The van der Waals surface area contributed by atoms with Crippen LogP contribution in [0.4, 0.5) is 20.3 Å². The van der Waals surface area contributed by atoms with Crippen LogP contribution in [0.1, 0.15) is 37.7 Å². The molecule has 0 atom stereocenters. The van der Waals surface area contributed by atoms with Crippen LogP contribution in [0.25, 0.3) is 11.4 Å². The summed E-state index contributed by atoms with van der Waals surface area (Å²) in [5.41, 5.74) is 1.07. The second kappa shape index (κ2) is 10.5. The molecule has 8 nitrogen and oxygen atoms in total. The van der Waals surface area contributed by atoms with Gasteiger partial charge in [-0.2, -0.15) is 8.78 Å². The first-order chi connectivity index (χ1) is 16.4. The zero-order valence-electron chi connectivity index (χ0n) is 19.7. The normalized spacial score (nSPS) is 17.7. The average molecular weight is 475 g/mol. The smallest absolute Gasteiger partial charge is 0.387 e. The largest absolute Gasteiger partial charge is 0.434 e. The number of hydrogen-bond donors (Lipinski definition) is 3. The van der Waals surface area contributed by atoms with Crippen LogP contribution in [-0.2, 0) is 0 Å². The van der Waals surface area contributed by atoms with Gasteiger partial charge in [0.1, 0.15) is 23.0 Å². The lowest BCUT2D eigenvalue weighted by Crippen LogP contribution is -2.44. The van der Waals surface area contributed by atoms with Crippen molar-refractivity contribution in [2.45, 2.75) is 38.7 Å². The molecule has 1 aromatic heterocycles. The van der Waals surface area contributed by atoms with Gasteiger partial charge in [-0.05, 0) is 32.0 Å². The van der Waals surface area contributed by atoms with Gasteiger partial charge in [-0.3, -0.25) is 4.79 Å². The highest BCUT2D eigenvalue weighted by Crippen LogP contribution is 2.34. The van der Waals surface area contributed by atoms with Gasteiger partial charge in [-0.15, -0.1) is 0 Å². The second-order valence-corrected chi connectivity index (χ2v) is 8.99. The number of rotatable bonds is 7. The minimum absolute atomic E-state index is 0.0233. The van der Waals surface area contributed by atoms with Crippen molar-refractivity contribution in [2.24, 2.45) is 5.92 Å². The lowest BCUT2D eigenvalue weighted by atomic mass is 9.83. The minimum Gasteiger partial charge on any atom is -0.434 e. The second-order valence-electron chi connectivity index (χ2n) is 8.99. The molecule has 10 heteroatoms. The van der Waals surface area contributed by atoms with Crippen LogP contribution in [0.15, 0.2) is 23.0 Å². The lowest BCUT2D eigenvalue weighted by molar-refractivity contribution is -0.0494. The van der Waals surface area contributed by atoms with Gasteiger partial charge in [0.25, 0.3) is 5.56 Å². The molecule has 1 saturated carbocycles. The molecule has 1 aromatic carbocycles. The molecule has 34 heavy (non-hydrogen) atoms. The van der Waals surface area contributed by atoms with Gasteiger partial charge in [0.15, 0.2) is 0 Å². The predicted octanol–water partition coefficient (Wildman–Crippen LogP) is 3.78. The van der Waals surface area contributed by atoms with E-state index in [1.54, 1.807) is 19.2 Å². The Labute approximate surface area is 197 Å². The van der Waals surface area contributed by atoms with Crippen molar-refractivity contribution >= 4 is 17.2 Å². The fraction of sp³-hybridized carbons (Fsp3) is 0.542. The summed E-state index contributed by atoms with van der Waals surface area (Å²) in [6, 6.07) is 5.05. The van der Waals surface area contributed by atoms with Gasteiger partial charge in [0.05, 0.1) is 11.3 Å². The Kier molecular flexibility index (Phi) is 7.45. The number of halogens is 2. The van der Waals surface area contributed by atoms with Gasteiger partial charge in [-0.25, -0.2) is 4.98 Å². The van der Waals surface area contributed by atoms with Crippen molar-refractivity contribution in [3.8, 4) is 17.1 Å². The van der Waals surface area contributed by atoms with Crippen molar-refractivity contribution in [3.05, 3.63) is 34.1 Å². The number of hydrogen-bond acceptors (Lipinski definition) is 7. The van der Waals surface area contributed by atoms with E-state index in [0.29, 0.717) is 0 Å². The molecule has 2 aromatic rings. The lowest BCUT2D eigenvalue weighted by Gasteiger charge is -2.34. The van der Waals surface area contributed by atoms with E-state index < -0.39 is 12.2 Å². The van der Waals surface area contributed by atoms with Crippen molar-refractivity contribution in [3.63, 3.8) is 0 Å². The molecular formula is C24H32F2N6O2. The van der Waals surface area contributed by atoms with Gasteiger partial charge >= 0.3 is 6.61 Å². The van der Waals surface area contributed by atoms with Gasteiger partial charge < -0.3 is 30.2 Å². The molecule has 0 amide bonds. The number of benzene rings is 1. The van der Waals surface area contributed by atoms with Crippen molar-refractivity contribution in [2.75, 3.05) is 50.5 Å². The molecule has 184 valence electrons. The van der Waals surface area contributed by atoms with Crippen LogP contribution in [0.5, 0.6) is 5.75 Å². The van der Waals surface area contributed by atoms with Crippen LogP contribution in [0.2, 0.25) is 0 Å². The Morgan fingerprint density at radius 3 is 2.56 bits per heavy atom. The molecule has 3 N–H and O–H groups in total. The molecule has 2 heterocycles. The topological polar surface area (TPSA) is 97.3 Å². The van der Waals surface area contributed by atoms with Crippen LogP contribution in [0, 0.1) is 11.3 Å². The number of aromatic nitrogens is 2. The van der Waals surface area contributed by atoms with E-state index in [-0.39, 0.29) is 40.1 Å². The Morgan fingerprint density at radius 1 is 1.21 bits per heavy atom. The summed E-state index contributed by atoms with van der Waals surface area (Å²) in [5, 5.41) is 11.6. The number of likely N-dealkylation sites (N-methyl/N-ethyl adjacent to an activating group) is 1. The fourth-order valence-corrected chi connectivity index (χ4v) is 4.79. The zero-order chi connectivity index (χ0) is 24.2. The summed E-state index contributed by atoms with van der Waals surface area (Å²) in [6.07, 6.45) is 4.98. The number of anilines is 2.